The van der Waals surface area contributed by atoms with Crippen LogP contribution >= 0.6 is 0 Å². The lowest BCUT2D eigenvalue weighted by molar-refractivity contribution is 0.131. The Morgan fingerprint density at radius 1 is 1.28 bits per heavy atom. The Labute approximate surface area is 111 Å². The quantitative estimate of drug-likeness (QED) is 0.635. The molecule has 0 amide bonds. The highest BCUT2D eigenvalue weighted by molar-refractivity contribution is 5.80. The predicted octanol–water partition coefficient (Wildman–Crippen LogP) is 4.25. The number of ether oxygens (including phenoxy) is 1. The summed E-state index contributed by atoms with van der Waals surface area (Å²) in [7, 11) is 0. The molecule has 18 heavy (non-hydrogen) atoms. The van der Waals surface area contributed by atoms with E-state index in [9.17, 15) is 0 Å². The van der Waals surface area contributed by atoms with Gasteiger partial charge in [-0.1, -0.05) is 31.8 Å². The number of fused-ring (bicyclic) bond motifs is 1. The van der Waals surface area contributed by atoms with E-state index >= 15 is 0 Å². The summed E-state index contributed by atoms with van der Waals surface area (Å²) >= 11 is 0. The summed E-state index contributed by atoms with van der Waals surface area (Å²) in [6, 6.07) is 0.544. The highest BCUT2D eigenvalue weighted by Crippen LogP contribution is 2.45. The standard InChI is InChI=1S/C16H25NO/c1-12-8-9-16(2)11-15(18-14(16)10-12)17-13-6-4-3-5-7-13/h10,13-14H,3-9,11H2,1-2H3. The zero-order chi connectivity index (χ0) is 12.6. The second-order valence-corrected chi connectivity index (χ2v) is 6.70. The minimum atomic E-state index is 0.286. The molecular formula is C16H25NO. The van der Waals surface area contributed by atoms with E-state index < -0.39 is 0 Å². The van der Waals surface area contributed by atoms with Crippen LogP contribution in [0.2, 0.25) is 0 Å². The fraction of sp³-hybridized carbons (Fsp3) is 0.812. The van der Waals surface area contributed by atoms with E-state index in [0.717, 1.165) is 12.3 Å². The fourth-order valence-electron chi connectivity index (χ4n) is 3.56. The normalized spacial score (nSPS) is 39.3. The first kappa shape index (κ1) is 12.3. The lowest BCUT2D eigenvalue weighted by atomic mass is 9.74. The van der Waals surface area contributed by atoms with Crippen molar-refractivity contribution in [2.24, 2.45) is 10.4 Å². The van der Waals surface area contributed by atoms with Gasteiger partial charge in [0.2, 0.25) is 0 Å². The molecular weight excluding hydrogens is 222 g/mol. The minimum absolute atomic E-state index is 0.286. The number of hydrogen-bond donors (Lipinski definition) is 0. The van der Waals surface area contributed by atoms with Crippen molar-refractivity contribution in [1.82, 2.24) is 0 Å². The summed E-state index contributed by atoms with van der Waals surface area (Å²) in [4.78, 5) is 4.89. The molecule has 0 radical (unpaired) electrons. The molecule has 0 aromatic heterocycles. The van der Waals surface area contributed by atoms with Crippen LogP contribution in [0.25, 0.3) is 0 Å². The molecule has 0 bridgehead atoms. The fourth-order valence-corrected chi connectivity index (χ4v) is 3.56. The van der Waals surface area contributed by atoms with Crippen LogP contribution in [-0.4, -0.2) is 18.0 Å². The first-order chi connectivity index (χ1) is 8.66. The van der Waals surface area contributed by atoms with Gasteiger partial charge in [-0.3, -0.25) is 4.99 Å². The smallest absolute Gasteiger partial charge is 0.184 e. The Morgan fingerprint density at radius 3 is 2.83 bits per heavy atom. The van der Waals surface area contributed by atoms with Crippen LogP contribution in [-0.2, 0) is 4.74 Å². The Balaban J connectivity index is 1.72. The SMILES string of the molecule is CC1=CC2OC(=NC3CCCCC3)CC2(C)CC1. The van der Waals surface area contributed by atoms with E-state index in [1.807, 2.05) is 0 Å². The number of aliphatic imine (C=N–C) groups is 1. The number of hydrogen-bond acceptors (Lipinski definition) is 2. The van der Waals surface area contributed by atoms with Crippen LogP contribution in [0.15, 0.2) is 16.6 Å². The van der Waals surface area contributed by atoms with Gasteiger partial charge in [-0.15, -0.1) is 0 Å². The average molecular weight is 247 g/mol. The second kappa shape index (κ2) is 4.71. The van der Waals surface area contributed by atoms with Gasteiger partial charge in [-0.2, -0.15) is 0 Å². The van der Waals surface area contributed by atoms with Crippen molar-refractivity contribution in [3.8, 4) is 0 Å². The van der Waals surface area contributed by atoms with Gasteiger partial charge in [0, 0.05) is 11.8 Å². The maximum atomic E-state index is 6.12. The molecule has 0 aromatic carbocycles. The molecule has 2 nitrogen and oxygen atoms in total. The Morgan fingerprint density at radius 2 is 2.06 bits per heavy atom. The highest BCUT2D eigenvalue weighted by Gasteiger charge is 2.44. The molecule has 1 saturated heterocycles. The summed E-state index contributed by atoms with van der Waals surface area (Å²) in [5, 5.41) is 0. The first-order valence-electron chi connectivity index (χ1n) is 7.56. The summed E-state index contributed by atoms with van der Waals surface area (Å²) in [6.45, 7) is 4.59. The first-order valence-corrected chi connectivity index (χ1v) is 7.56. The van der Waals surface area contributed by atoms with E-state index in [4.69, 9.17) is 9.73 Å². The van der Waals surface area contributed by atoms with Gasteiger partial charge in [-0.25, -0.2) is 0 Å². The van der Waals surface area contributed by atoms with E-state index in [2.05, 4.69) is 19.9 Å². The van der Waals surface area contributed by atoms with Gasteiger partial charge in [0.15, 0.2) is 5.90 Å². The Hall–Kier alpha value is -0.790. The molecule has 0 aromatic rings. The topological polar surface area (TPSA) is 21.6 Å². The van der Waals surface area contributed by atoms with Crippen molar-refractivity contribution < 1.29 is 4.74 Å². The molecule has 2 unspecified atom stereocenters. The molecule has 2 atom stereocenters. The lowest BCUT2D eigenvalue weighted by Crippen LogP contribution is -2.29. The summed E-state index contributed by atoms with van der Waals surface area (Å²) in [5.41, 5.74) is 1.80. The van der Waals surface area contributed by atoms with Crippen molar-refractivity contribution in [1.29, 1.82) is 0 Å². The van der Waals surface area contributed by atoms with Gasteiger partial charge in [0.05, 0.1) is 6.04 Å². The maximum absolute atomic E-state index is 6.12. The monoisotopic (exact) mass is 247 g/mol. The van der Waals surface area contributed by atoms with Crippen molar-refractivity contribution in [3.63, 3.8) is 0 Å². The molecule has 1 saturated carbocycles. The maximum Gasteiger partial charge on any atom is 0.184 e. The third-order valence-electron chi connectivity index (χ3n) is 4.93. The minimum Gasteiger partial charge on any atom is -0.473 e. The second-order valence-electron chi connectivity index (χ2n) is 6.70. The highest BCUT2D eigenvalue weighted by atomic mass is 16.5. The van der Waals surface area contributed by atoms with E-state index in [1.54, 1.807) is 0 Å². The van der Waals surface area contributed by atoms with Crippen LogP contribution in [0.4, 0.5) is 0 Å². The molecule has 2 fully saturated rings. The molecule has 0 spiro atoms. The van der Waals surface area contributed by atoms with Gasteiger partial charge >= 0.3 is 0 Å². The molecule has 0 N–H and O–H groups in total. The van der Waals surface area contributed by atoms with Crippen molar-refractivity contribution in [3.05, 3.63) is 11.6 Å². The molecule has 3 rings (SSSR count). The zero-order valence-electron chi connectivity index (χ0n) is 11.7. The van der Waals surface area contributed by atoms with Crippen LogP contribution in [0.5, 0.6) is 0 Å². The van der Waals surface area contributed by atoms with Crippen molar-refractivity contribution in [2.45, 2.75) is 77.4 Å². The summed E-state index contributed by atoms with van der Waals surface area (Å²) in [5.74, 6) is 1.04. The van der Waals surface area contributed by atoms with Crippen molar-refractivity contribution >= 4 is 5.90 Å². The van der Waals surface area contributed by atoms with Gasteiger partial charge < -0.3 is 4.74 Å². The van der Waals surface area contributed by atoms with Gasteiger partial charge in [0.1, 0.15) is 6.10 Å². The molecule has 2 heteroatoms. The van der Waals surface area contributed by atoms with Crippen molar-refractivity contribution in [2.75, 3.05) is 0 Å². The Kier molecular flexibility index (Phi) is 3.21. The van der Waals surface area contributed by atoms with Crippen LogP contribution in [0.3, 0.4) is 0 Å². The van der Waals surface area contributed by atoms with Crippen LogP contribution < -0.4 is 0 Å². The third-order valence-corrected chi connectivity index (χ3v) is 4.93. The number of rotatable bonds is 1. The van der Waals surface area contributed by atoms with Crippen LogP contribution in [0, 0.1) is 5.41 Å². The predicted molar refractivity (Wildman–Crippen MR) is 74.9 cm³/mol. The summed E-state index contributed by atoms with van der Waals surface area (Å²) in [6.07, 6.45) is 12.8. The number of nitrogens with zero attached hydrogens (tertiary/aromatic N) is 1. The molecule has 2 aliphatic carbocycles. The average Bonchev–Trinajstić information content (AvgIpc) is 2.66. The summed E-state index contributed by atoms with van der Waals surface area (Å²) < 4.78 is 6.12. The molecule has 1 aliphatic heterocycles. The largest absolute Gasteiger partial charge is 0.473 e. The molecule has 1 heterocycles. The zero-order valence-corrected chi connectivity index (χ0v) is 11.7. The van der Waals surface area contributed by atoms with E-state index in [0.29, 0.717) is 11.5 Å². The third kappa shape index (κ3) is 2.34. The molecule has 100 valence electrons. The molecule has 3 aliphatic rings. The Bertz CT molecular complexity index is 379. The van der Waals surface area contributed by atoms with Crippen LogP contribution in [0.1, 0.15) is 65.2 Å². The van der Waals surface area contributed by atoms with Gasteiger partial charge in [0.25, 0.3) is 0 Å². The number of allylic oxidation sites excluding steroid dienone is 1. The van der Waals surface area contributed by atoms with Gasteiger partial charge in [-0.05, 0) is 38.7 Å². The van der Waals surface area contributed by atoms with E-state index in [-0.39, 0.29) is 6.10 Å². The van der Waals surface area contributed by atoms with E-state index in [1.165, 1.54) is 50.5 Å². The lowest BCUT2D eigenvalue weighted by Gasteiger charge is -2.31.